The molecule has 1 saturated carbocycles. The van der Waals surface area contributed by atoms with Crippen molar-refractivity contribution < 1.29 is 14.3 Å². The van der Waals surface area contributed by atoms with E-state index >= 15 is 0 Å². The lowest BCUT2D eigenvalue weighted by Gasteiger charge is -2.16. The first-order valence-corrected chi connectivity index (χ1v) is 8.29. The summed E-state index contributed by atoms with van der Waals surface area (Å²) in [5, 5.41) is 3.61. The normalized spacial score (nSPS) is 14.1. The molecule has 1 fully saturated rings. The van der Waals surface area contributed by atoms with E-state index in [0.717, 1.165) is 18.6 Å². The fourth-order valence-corrected chi connectivity index (χ4v) is 2.62. The predicted octanol–water partition coefficient (Wildman–Crippen LogP) is 1.90. The number of amides is 1. The summed E-state index contributed by atoms with van der Waals surface area (Å²) in [6.07, 6.45) is 4.69. The van der Waals surface area contributed by atoms with Crippen LogP contribution in [0.15, 0.2) is 24.3 Å². The first-order chi connectivity index (χ1) is 11.2. The first-order valence-electron chi connectivity index (χ1n) is 7.88. The van der Waals surface area contributed by atoms with Crippen molar-refractivity contribution in [1.82, 2.24) is 16.2 Å². The summed E-state index contributed by atoms with van der Waals surface area (Å²) >= 11 is 5.13. The van der Waals surface area contributed by atoms with Crippen molar-refractivity contribution in [3.63, 3.8) is 0 Å². The lowest BCUT2D eigenvalue weighted by atomic mass is 10.3. The Kier molecular flexibility index (Phi) is 6.93. The smallest absolute Gasteiger partial charge is 0.276 e. The largest absolute Gasteiger partial charge is 0.494 e. The zero-order valence-electron chi connectivity index (χ0n) is 13.3. The quantitative estimate of drug-likeness (QED) is 0.544. The topological polar surface area (TPSA) is 71.6 Å². The van der Waals surface area contributed by atoms with Crippen molar-refractivity contribution >= 4 is 23.2 Å². The minimum absolute atomic E-state index is 0.0903. The summed E-state index contributed by atoms with van der Waals surface area (Å²) in [4.78, 5) is 11.7. The van der Waals surface area contributed by atoms with E-state index in [1.807, 2.05) is 6.92 Å². The minimum Gasteiger partial charge on any atom is -0.494 e. The molecule has 0 bridgehead atoms. The molecule has 1 amide bonds. The molecule has 126 valence electrons. The van der Waals surface area contributed by atoms with Gasteiger partial charge in [0.15, 0.2) is 11.7 Å². The van der Waals surface area contributed by atoms with Gasteiger partial charge in [-0.05, 0) is 56.2 Å². The van der Waals surface area contributed by atoms with Crippen LogP contribution in [0.4, 0.5) is 0 Å². The van der Waals surface area contributed by atoms with Crippen LogP contribution in [0.5, 0.6) is 11.5 Å². The van der Waals surface area contributed by atoms with E-state index in [1.54, 1.807) is 24.3 Å². The molecular weight excluding hydrogens is 314 g/mol. The number of carbonyl (C=O) groups is 1. The summed E-state index contributed by atoms with van der Waals surface area (Å²) in [6, 6.07) is 7.54. The fourth-order valence-electron chi connectivity index (χ4n) is 2.40. The van der Waals surface area contributed by atoms with Gasteiger partial charge >= 0.3 is 0 Å². The highest BCUT2D eigenvalue weighted by Crippen LogP contribution is 2.18. The van der Waals surface area contributed by atoms with Gasteiger partial charge in [-0.25, -0.2) is 0 Å². The second-order valence-electron chi connectivity index (χ2n) is 5.32. The number of rotatable bonds is 6. The Morgan fingerprint density at radius 1 is 1.13 bits per heavy atom. The number of nitrogens with one attached hydrogen (secondary N) is 3. The van der Waals surface area contributed by atoms with E-state index in [-0.39, 0.29) is 12.5 Å². The van der Waals surface area contributed by atoms with Gasteiger partial charge < -0.3 is 14.8 Å². The van der Waals surface area contributed by atoms with E-state index in [1.165, 1.54) is 12.8 Å². The van der Waals surface area contributed by atoms with Gasteiger partial charge in [0.25, 0.3) is 5.91 Å². The molecule has 6 nitrogen and oxygen atoms in total. The van der Waals surface area contributed by atoms with Crippen LogP contribution in [-0.4, -0.2) is 30.3 Å². The molecule has 0 radical (unpaired) electrons. The average Bonchev–Trinajstić information content (AvgIpc) is 3.05. The van der Waals surface area contributed by atoms with E-state index in [4.69, 9.17) is 21.7 Å². The molecule has 1 aliphatic carbocycles. The van der Waals surface area contributed by atoms with Crippen molar-refractivity contribution in [2.45, 2.75) is 38.6 Å². The molecule has 2 rings (SSSR count). The molecule has 0 saturated heterocycles. The van der Waals surface area contributed by atoms with E-state index < -0.39 is 0 Å². The van der Waals surface area contributed by atoms with Crippen LogP contribution in [-0.2, 0) is 4.79 Å². The zero-order valence-corrected chi connectivity index (χ0v) is 14.1. The van der Waals surface area contributed by atoms with Crippen LogP contribution in [0.25, 0.3) is 0 Å². The molecule has 0 atom stereocenters. The highest BCUT2D eigenvalue weighted by molar-refractivity contribution is 7.80. The van der Waals surface area contributed by atoms with Gasteiger partial charge in [0.2, 0.25) is 0 Å². The van der Waals surface area contributed by atoms with Gasteiger partial charge in [0.05, 0.1) is 6.61 Å². The fraction of sp³-hybridized carbons (Fsp3) is 0.500. The van der Waals surface area contributed by atoms with Crippen molar-refractivity contribution in [2.75, 3.05) is 13.2 Å². The molecule has 1 aliphatic rings. The summed E-state index contributed by atoms with van der Waals surface area (Å²) in [5.41, 5.74) is 5.21. The molecule has 0 aromatic heterocycles. The number of hydrazine groups is 1. The molecule has 1 aromatic rings. The van der Waals surface area contributed by atoms with Gasteiger partial charge in [0, 0.05) is 6.04 Å². The van der Waals surface area contributed by atoms with Gasteiger partial charge in [-0.1, -0.05) is 12.8 Å². The predicted molar refractivity (Wildman–Crippen MR) is 92.4 cm³/mol. The number of hydrogen-bond donors (Lipinski definition) is 3. The number of benzene rings is 1. The van der Waals surface area contributed by atoms with Crippen molar-refractivity contribution in [1.29, 1.82) is 0 Å². The second kappa shape index (κ2) is 9.19. The highest BCUT2D eigenvalue weighted by atomic mass is 32.1. The van der Waals surface area contributed by atoms with Gasteiger partial charge in [-0.3, -0.25) is 15.6 Å². The van der Waals surface area contributed by atoms with Gasteiger partial charge in [0.1, 0.15) is 11.5 Å². The highest BCUT2D eigenvalue weighted by Gasteiger charge is 2.15. The van der Waals surface area contributed by atoms with Crippen molar-refractivity contribution in [2.24, 2.45) is 0 Å². The number of ether oxygens (including phenoxy) is 2. The Hall–Kier alpha value is -2.02. The summed E-state index contributed by atoms with van der Waals surface area (Å²) < 4.78 is 10.7. The van der Waals surface area contributed by atoms with Crippen LogP contribution in [0.3, 0.4) is 0 Å². The Bertz CT molecular complexity index is 516. The van der Waals surface area contributed by atoms with Crippen LogP contribution in [0.1, 0.15) is 32.6 Å². The molecule has 0 unspecified atom stereocenters. The molecule has 7 heteroatoms. The standard InChI is InChI=1S/C16H23N3O3S/c1-2-21-13-7-9-14(10-8-13)22-11-15(20)18-19-16(23)17-12-5-3-4-6-12/h7-10,12H,2-6,11H2,1H3,(H,18,20)(H2,17,19,23). The van der Waals surface area contributed by atoms with Crippen LogP contribution in [0.2, 0.25) is 0 Å². The van der Waals surface area contributed by atoms with Crippen molar-refractivity contribution in [3.8, 4) is 11.5 Å². The summed E-state index contributed by atoms with van der Waals surface area (Å²) in [7, 11) is 0. The SMILES string of the molecule is CCOc1ccc(OCC(=O)NNC(=S)NC2CCCC2)cc1. The average molecular weight is 337 g/mol. The number of thiocarbonyl (C=S) groups is 1. The monoisotopic (exact) mass is 337 g/mol. The second-order valence-corrected chi connectivity index (χ2v) is 5.73. The third kappa shape index (κ3) is 6.32. The summed E-state index contributed by atoms with van der Waals surface area (Å²) in [6.45, 7) is 2.45. The molecule has 0 aliphatic heterocycles. The van der Waals surface area contributed by atoms with Crippen LogP contribution < -0.4 is 25.6 Å². The molecule has 3 N–H and O–H groups in total. The maximum Gasteiger partial charge on any atom is 0.276 e. The van der Waals surface area contributed by atoms with E-state index in [2.05, 4.69) is 16.2 Å². The first kappa shape index (κ1) is 17.3. The lowest BCUT2D eigenvalue weighted by molar-refractivity contribution is -0.123. The molecule has 23 heavy (non-hydrogen) atoms. The maximum absolute atomic E-state index is 11.7. The van der Waals surface area contributed by atoms with Gasteiger partial charge in [-0.15, -0.1) is 0 Å². The Morgan fingerprint density at radius 2 is 1.74 bits per heavy atom. The van der Waals surface area contributed by atoms with Crippen molar-refractivity contribution in [3.05, 3.63) is 24.3 Å². The summed E-state index contributed by atoms with van der Waals surface area (Å²) in [5.74, 6) is 1.08. The number of hydrogen-bond acceptors (Lipinski definition) is 4. The van der Waals surface area contributed by atoms with E-state index in [0.29, 0.717) is 23.5 Å². The number of carbonyl (C=O) groups excluding carboxylic acids is 1. The van der Waals surface area contributed by atoms with Crippen LogP contribution in [0, 0.1) is 0 Å². The third-order valence-corrected chi connectivity index (χ3v) is 3.73. The van der Waals surface area contributed by atoms with E-state index in [9.17, 15) is 4.79 Å². The third-order valence-electron chi connectivity index (χ3n) is 3.51. The molecular formula is C16H23N3O3S. The molecule has 0 heterocycles. The zero-order chi connectivity index (χ0) is 16.5. The molecule has 0 spiro atoms. The Balaban J connectivity index is 1.63. The molecule has 1 aromatic carbocycles. The minimum atomic E-state index is -0.297. The Labute approximate surface area is 141 Å². The lowest BCUT2D eigenvalue weighted by Crippen LogP contribution is -2.50. The maximum atomic E-state index is 11.7. The van der Waals surface area contributed by atoms with Gasteiger partial charge in [-0.2, -0.15) is 0 Å². The Morgan fingerprint density at radius 3 is 2.35 bits per heavy atom. The van der Waals surface area contributed by atoms with Crippen LogP contribution >= 0.6 is 12.2 Å².